The second kappa shape index (κ2) is 18.5. The lowest BCUT2D eigenvalue weighted by molar-refractivity contribution is -0.135. The maximum atomic E-state index is 14.7. The van der Waals surface area contributed by atoms with Crippen molar-refractivity contribution in [2.75, 3.05) is 57.3 Å². The molecule has 1 N–H and O–H groups in total. The molecule has 3 amide bonds. The SMILES string of the molecule is CC(=O)N1CCc2c(c(N3CCCc4cc(-c5cnn(C)c5)c(C(F)F)cc43)nn2C2CCN(CCCN3CCC(C#Cc4cccc5c4n(C)c(=O)n5C4CCC(=O)NC4=O)CC3)CC2)C1. The van der Waals surface area contributed by atoms with Crippen molar-refractivity contribution in [3.05, 3.63) is 81.2 Å². The number of rotatable bonds is 9. The van der Waals surface area contributed by atoms with E-state index in [-0.39, 0.29) is 41.4 Å². The Kier molecular flexibility index (Phi) is 12.4. The zero-order valence-electron chi connectivity index (χ0n) is 38.6. The number of nitrogens with zero attached hydrogens (tertiary/aromatic N) is 10. The van der Waals surface area contributed by atoms with E-state index in [1.165, 1.54) is 10.3 Å². The van der Waals surface area contributed by atoms with Crippen molar-refractivity contribution in [3.8, 4) is 23.0 Å². The minimum absolute atomic E-state index is 0.0114. The van der Waals surface area contributed by atoms with Crippen LogP contribution in [0, 0.1) is 17.8 Å². The van der Waals surface area contributed by atoms with E-state index >= 15 is 0 Å². The van der Waals surface area contributed by atoms with E-state index < -0.39 is 18.4 Å². The number of alkyl halides is 2. The molecule has 3 aromatic heterocycles. The molecule has 3 fully saturated rings. The molecule has 3 saturated heterocycles. The van der Waals surface area contributed by atoms with Crippen LogP contribution in [0.25, 0.3) is 22.2 Å². The molecule has 10 rings (SSSR count). The Bertz CT molecular complexity index is 2850. The summed E-state index contributed by atoms with van der Waals surface area (Å²) in [6, 6.07) is 8.71. The van der Waals surface area contributed by atoms with Gasteiger partial charge in [-0.3, -0.25) is 38.2 Å². The lowest BCUT2D eigenvalue weighted by atomic mass is 9.92. The molecule has 5 aliphatic rings. The Labute approximate surface area is 388 Å². The highest BCUT2D eigenvalue weighted by Gasteiger charge is 2.36. The lowest BCUT2D eigenvalue weighted by Gasteiger charge is -2.35. The molecule has 0 saturated carbocycles. The summed E-state index contributed by atoms with van der Waals surface area (Å²) in [7, 11) is 3.50. The fraction of sp³-hybridized carbons (Fsp3) is 0.520. The van der Waals surface area contributed by atoms with E-state index in [9.17, 15) is 28.0 Å². The standard InChI is InChI=1S/C50H59F2N11O4/c1-32(64)60-26-18-41-40(31-60)48(61-21-5-8-35-27-38(36-29-53-56(2)30-36)39(47(51)52)28-44(35)61)55-63(41)37-16-24-59(25-17-37)20-6-19-58-22-14-33(15-23-58)10-11-34-7-4-9-42-46(34)57(3)50(67)62(42)43-12-13-45(65)54-49(43)66/h4,7,9,27-30,33,37,43,47H,5-6,8,12-26,31H2,1-3H3,(H,54,65,66). The Morgan fingerprint density at radius 2 is 1.69 bits per heavy atom. The zero-order valence-corrected chi connectivity index (χ0v) is 38.6. The Morgan fingerprint density at radius 1 is 0.925 bits per heavy atom. The van der Waals surface area contributed by atoms with Crippen LogP contribution in [0.1, 0.15) is 105 Å². The van der Waals surface area contributed by atoms with Crippen LogP contribution in [0.2, 0.25) is 0 Å². The third-order valence-electron chi connectivity index (χ3n) is 14.9. The molecule has 352 valence electrons. The van der Waals surface area contributed by atoms with Crippen molar-refractivity contribution < 1.29 is 23.2 Å². The first-order valence-corrected chi connectivity index (χ1v) is 24.0. The van der Waals surface area contributed by atoms with Gasteiger partial charge in [-0.15, -0.1) is 0 Å². The molecule has 0 spiro atoms. The first-order chi connectivity index (χ1) is 32.4. The van der Waals surface area contributed by atoms with Crippen molar-refractivity contribution in [3.63, 3.8) is 0 Å². The van der Waals surface area contributed by atoms with E-state index in [1.807, 2.05) is 29.2 Å². The third kappa shape index (κ3) is 8.70. The van der Waals surface area contributed by atoms with Crippen molar-refractivity contribution in [1.82, 2.24) is 48.7 Å². The maximum Gasteiger partial charge on any atom is 0.329 e. The quantitative estimate of drug-likeness (QED) is 0.147. The van der Waals surface area contributed by atoms with Gasteiger partial charge < -0.3 is 19.6 Å². The summed E-state index contributed by atoms with van der Waals surface area (Å²) in [4.78, 5) is 59.6. The Hall–Kier alpha value is -6.12. The number of hydrogen-bond acceptors (Lipinski definition) is 9. The van der Waals surface area contributed by atoms with Crippen LogP contribution in [0.15, 0.2) is 47.5 Å². The molecule has 67 heavy (non-hydrogen) atoms. The predicted molar refractivity (Wildman–Crippen MR) is 250 cm³/mol. The number of para-hydroxylation sites is 1. The van der Waals surface area contributed by atoms with E-state index in [2.05, 4.69) is 41.6 Å². The second-order valence-electron chi connectivity index (χ2n) is 19.1. The van der Waals surface area contributed by atoms with Gasteiger partial charge >= 0.3 is 5.69 Å². The van der Waals surface area contributed by atoms with Gasteiger partial charge in [0.2, 0.25) is 17.7 Å². The fourth-order valence-electron chi connectivity index (χ4n) is 11.2. The normalized spacial score (nSPS) is 20.0. The first kappa shape index (κ1) is 44.7. The van der Waals surface area contributed by atoms with Crippen LogP contribution in [-0.2, 0) is 47.9 Å². The molecule has 17 heteroatoms. The number of imidazole rings is 1. The largest absolute Gasteiger partial charge is 0.338 e. The number of piperidine rings is 3. The average molecular weight is 916 g/mol. The summed E-state index contributed by atoms with van der Waals surface area (Å²) in [6.07, 6.45) is 8.60. The number of benzene rings is 2. The molecule has 5 aliphatic heterocycles. The number of nitrogens with one attached hydrogen (secondary N) is 1. The predicted octanol–water partition coefficient (Wildman–Crippen LogP) is 5.63. The molecular formula is C50H59F2N11O4. The fourth-order valence-corrected chi connectivity index (χ4v) is 11.2. The van der Waals surface area contributed by atoms with Crippen LogP contribution in [0.5, 0.6) is 0 Å². The van der Waals surface area contributed by atoms with Gasteiger partial charge in [0, 0.05) is 100 Å². The number of imide groups is 1. The minimum atomic E-state index is -2.66. The van der Waals surface area contributed by atoms with Crippen molar-refractivity contribution in [2.24, 2.45) is 20.0 Å². The van der Waals surface area contributed by atoms with Crippen LogP contribution in [0.3, 0.4) is 0 Å². The molecule has 0 radical (unpaired) electrons. The zero-order chi connectivity index (χ0) is 46.5. The van der Waals surface area contributed by atoms with Gasteiger partial charge in [-0.05, 0) is 113 Å². The molecule has 0 aliphatic carbocycles. The van der Waals surface area contributed by atoms with E-state index in [0.29, 0.717) is 54.6 Å². The monoisotopic (exact) mass is 915 g/mol. The van der Waals surface area contributed by atoms with Crippen LogP contribution in [0.4, 0.5) is 20.3 Å². The number of anilines is 2. The van der Waals surface area contributed by atoms with Gasteiger partial charge in [-0.2, -0.15) is 10.2 Å². The van der Waals surface area contributed by atoms with Crippen LogP contribution in [-0.4, -0.2) is 113 Å². The summed E-state index contributed by atoms with van der Waals surface area (Å²) in [5.41, 5.74) is 6.99. The van der Waals surface area contributed by atoms with Gasteiger partial charge in [0.1, 0.15) is 6.04 Å². The van der Waals surface area contributed by atoms with Crippen molar-refractivity contribution in [1.29, 1.82) is 0 Å². The molecule has 1 unspecified atom stereocenters. The van der Waals surface area contributed by atoms with Gasteiger partial charge in [0.15, 0.2) is 5.82 Å². The highest BCUT2D eigenvalue weighted by molar-refractivity contribution is 6.00. The average Bonchev–Trinajstić information content (AvgIpc) is 4.01. The number of carbonyl (C=O) groups excluding carboxylic acids is 3. The van der Waals surface area contributed by atoms with Gasteiger partial charge in [0.25, 0.3) is 6.43 Å². The number of hydrogen-bond donors (Lipinski definition) is 1. The molecule has 5 aromatic rings. The summed E-state index contributed by atoms with van der Waals surface area (Å²) in [5, 5.41) is 12.0. The molecule has 2 aromatic carbocycles. The smallest absolute Gasteiger partial charge is 0.329 e. The lowest BCUT2D eigenvalue weighted by Crippen LogP contribution is -2.44. The van der Waals surface area contributed by atoms with Gasteiger partial charge in [-0.1, -0.05) is 17.9 Å². The van der Waals surface area contributed by atoms with Gasteiger partial charge in [-0.25, -0.2) is 13.6 Å². The topological polar surface area (TPSA) is 139 Å². The Balaban J connectivity index is 0.759. The highest BCUT2D eigenvalue weighted by Crippen LogP contribution is 2.44. The van der Waals surface area contributed by atoms with E-state index in [4.69, 9.17) is 5.10 Å². The maximum absolute atomic E-state index is 14.7. The van der Waals surface area contributed by atoms with E-state index in [0.717, 1.165) is 112 Å². The number of amides is 3. The molecule has 0 bridgehead atoms. The second-order valence-corrected chi connectivity index (χ2v) is 19.1. The summed E-state index contributed by atoms with van der Waals surface area (Å²) in [5.74, 6) is 7.19. The number of halogens is 2. The molecule has 1 atom stereocenters. The summed E-state index contributed by atoms with van der Waals surface area (Å²) in [6.45, 7) is 9.36. The number of likely N-dealkylation sites (tertiary alicyclic amines) is 2. The Morgan fingerprint density at radius 3 is 2.39 bits per heavy atom. The third-order valence-corrected chi connectivity index (χ3v) is 14.9. The number of fused-ring (bicyclic) bond motifs is 3. The van der Waals surface area contributed by atoms with Crippen LogP contribution >= 0.6 is 0 Å². The molecular weight excluding hydrogens is 857 g/mol. The number of carbonyl (C=O) groups is 3. The molecule has 15 nitrogen and oxygen atoms in total. The number of aromatic nitrogens is 6. The van der Waals surface area contributed by atoms with Crippen molar-refractivity contribution in [2.45, 2.75) is 96.2 Å². The van der Waals surface area contributed by atoms with Gasteiger partial charge in [0.05, 0.1) is 35.4 Å². The summed E-state index contributed by atoms with van der Waals surface area (Å²) >= 11 is 0. The first-order valence-electron chi connectivity index (χ1n) is 24.0. The van der Waals surface area contributed by atoms with Crippen LogP contribution < -0.4 is 15.9 Å². The van der Waals surface area contributed by atoms with Crippen molar-refractivity contribution >= 4 is 40.3 Å². The summed E-state index contributed by atoms with van der Waals surface area (Å²) < 4.78 is 36.4. The van der Waals surface area contributed by atoms with E-state index in [1.54, 1.807) is 48.7 Å². The number of aryl methyl sites for hydroxylation is 3. The minimum Gasteiger partial charge on any atom is -0.338 e. The molecule has 8 heterocycles. The highest BCUT2D eigenvalue weighted by atomic mass is 19.3.